The van der Waals surface area contributed by atoms with Gasteiger partial charge in [0.05, 0.1) is 6.04 Å². The fourth-order valence-corrected chi connectivity index (χ4v) is 3.33. The molecule has 0 spiro atoms. The van der Waals surface area contributed by atoms with Gasteiger partial charge in [0.2, 0.25) is 0 Å². The van der Waals surface area contributed by atoms with Crippen molar-refractivity contribution in [1.82, 2.24) is 14.7 Å². The Balaban J connectivity index is 1.77. The van der Waals surface area contributed by atoms with Gasteiger partial charge in [-0.05, 0) is 39.2 Å². The van der Waals surface area contributed by atoms with Crippen LogP contribution in [0.25, 0.3) is 0 Å². The molecule has 1 fully saturated rings. The molecule has 0 aliphatic carbocycles. The van der Waals surface area contributed by atoms with Crippen molar-refractivity contribution in [1.29, 1.82) is 0 Å². The fraction of sp³-hybridized carbons (Fsp3) is 0.500. The zero-order valence-electron chi connectivity index (χ0n) is 16.0. The van der Waals surface area contributed by atoms with Crippen molar-refractivity contribution >= 4 is 11.9 Å². The number of nitrogens with one attached hydrogen (secondary N) is 1. The smallest absolute Gasteiger partial charge is 0.410 e. The summed E-state index contributed by atoms with van der Waals surface area (Å²) in [7, 11) is 1.91. The van der Waals surface area contributed by atoms with Crippen molar-refractivity contribution < 1.29 is 9.53 Å². The van der Waals surface area contributed by atoms with Gasteiger partial charge < -0.3 is 15.0 Å². The second-order valence-corrected chi connectivity index (χ2v) is 7.84. The number of hydrogen-bond donors (Lipinski definition) is 1. The normalized spacial score (nSPS) is 20.7. The average molecular weight is 356 g/mol. The summed E-state index contributed by atoms with van der Waals surface area (Å²) in [5, 5.41) is 7.90. The van der Waals surface area contributed by atoms with E-state index in [9.17, 15) is 4.79 Å². The molecule has 2 atom stereocenters. The number of carbonyl (C=O) groups excluding carboxylic acids is 1. The molecule has 1 N–H and O–H groups in total. The Kier molecular flexibility index (Phi) is 5.20. The van der Waals surface area contributed by atoms with Crippen LogP contribution in [-0.4, -0.2) is 39.0 Å². The van der Waals surface area contributed by atoms with E-state index in [1.54, 1.807) is 4.68 Å². The van der Waals surface area contributed by atoms with E-state index >= 15 is 0 Å². The first-order valence-electron chi connectivity index (χ1n) is 9.12. The minimum absolute atomic E-state index is 0.0130. The van der Waals surface area contributed by atoms with E-state index in [-0.39, 0.29) is 18.2 Å². The highest BCUT2D eigenvalue weighted by molar-refractivity contribution is 5.69. The van der Waals surface area contributed by atoms with Crippen LogP contribution in [0.4, 0.5) is 10.6 Å². The predicted molar refractivity (Wildman–Crippen MR) is 102 cm³/mol. The Bertz CT molecular complexity index is 736. The first-order valence-corrected chi connectivity index (χ1v) is 9.12. The van der Waals surface area contributed by atoms with Gasteiger partial charge in [0.15, 0.2) is 0 Å². The summed E-state index contributed by atoms with van der Waals surface area (Å²) in [6.07, 6.45) is 3.36. The molecule has 0 radical (unpaired) electrons. The number of aryl methyl sites for hydroxylation is 1. The maximum absolute atomic E-state index is 12.7. The number of rotatable bonds is 3. The number of likely N-dealkylation sites (tertiary alicyclic amines) is 1. The van der Waals surface area contributed by atoms with Crippen LogP contribution in [0.5, 0.6) is 0 Å². The standard InChI is InChI=1S/C20H28N4O2/c1-20(2,3)26-19(25)24-13-10-16(21-18-11-12-23(4)22-18)14-17(24)15-8-6-5-7-9-15/h5-9,11-12,16-17H,10,13-14H2,1-4H3,(H,21,22)/t16?,17-/m1/s1. The molecule has 1 unspecified atom stereocenters. The molecule has 1 aromatic heterocycles. The van der Waals surface area contributed by atoms with Crippen LogP contribution in [-0.2, 0) is 11.8 Å². The highest BCUT2D eigenvalue weighted by atomic mass is 16.6. The highest BCUT2D eigenvalue weighted by Crippen LogP contribution is 2.33. The molecule has 26 heavy (non-hydrogen) atoms. The topological polar surface area (TPSA) is 59.4 Å². The van der Waals surface area contributed by atoms with Crippen LogP contribution in [0.2, 0.25) is 0 Å². The lowest BCUT2D eigenvalue weighted by Crippen LogP contribution is -2.46. The van der Waals surface area contributed by atoms with Gasteiger partial charge in [0.25, 0.3) is 0 Å². The van der Waals surface area contributed by atoms with Crippen molar-refractivity contribution in [3.8, 4) is 0 Å². The maximum atomic E-state index is 12.7. The van der Waals surface area contributed by atoms with E-state index in [0.717, 1.165) is 24.2 Å². The van der Waals surface area contributed by atoms with Crippen molar-refractivity contribution in [2.45, 2.75) is 51.3 Å². The van der Waals surface area contributed by atoms with E-state index in [0.29, 0.717) is 6.54 Å². The monoisotopic (exact) mass is 356 g/mol. The molecule has 6 nitrogen and oxygen atoms in total. The number of anilines is 1. The van der Waals surface area contributed by atoms with Crippen molar-refractivity contribution in [3.63, 3.8) is 0 Å². The maximum Gasteiger partial charge on any atom is 0.410 e. The van der Waals surface area contributed by atoms with Crippen LogP contribution < -0.4 is 5.32 Å². The molecule has 1 aliphatic heterocycles. The lowest BCUT2D eigenvalue weighted by molar-refractivity contribution is 0.00856. The van der Waals surface area contributed by atoms with Crippen molar-refractivity contribution in [3.05, 3.63) is 48.2 Å². The van der Waals surface area contributed by atoms with Crippen LogP contribution in [0.15, 0.2) is 42.6 Å². The Morgan fingerprint density at radius 1 is 1.23 bits per heavy atom. The largest absolute Gasteiger partial charge is 0.444 e. The molecule has 6 heteroatoms. The Hall–Kier alpha value is -2.50. The fourth-order valence-electron chi connectivity index (χ4n) is 3.33. The predicted octanol–water partition coefficient (Wildman–Crippen LogP) is 3.97. The summed E-state index contributed by atoms with van der Waals surface area (Å²) in [6, 6.07) is 12.4. The third-order valence-electron chi connectivity index (χ3n) is 4.48. The van der Waals surface area contributed by atoms with E-state index in [2.05, 4.69) is 22.5 Å². The minimum Gasteiger partial charge on any atom is -0.444 e. The number of hydrogen-bond acceptors (Lipinski definition) is 4. The summed E-state index contributed by atoms with van der Waals surface area (Å²) >= 11 is 0. The lowest BCUT2D eigenvalue weighted by Gasteiger charge is -2.40. The third-order valence-corrected chi connectivity index (χ3v) is 4.48. The van der Waals surface area contributed by atoms with Gasteiger partial charge in [-0.3, -0.25) is 4.68 Å². The van der Waals surface area contributed by atoms with Gasteiger partial charge in [-0.15, -0.1) is 0 Å². The van der Waals surface area contributed by atoms with Gasteiger partial charge in [0.1, 0.15) is 11.4 Å². The second-order valence-electron chi connectivity index (χ2n) is 7.84. The quantitative estimate of drug-likeness (QED) is 0.904. The number of carbonyl (C=O) groups is 1. The number of nitrogens with zero attached hydrogens (tertiary/aromatic N) is 3. The van der Waals surface area contributed by atoms with Crippen LogP contribution in [0, 0.1) is 0 Å². The molecule has 2 aromatic rings. The number of benzene rings is 1. The molecule has 3 rings (SSSR count). The van der Waals surface area contributed by atoms with E-state index in [1.807, 2.05) is 63.2 Å². The van der Waals surface area contributed by atoms with Crippen LogP contribution in [0.3, 0.4) is 0 Å². The molecule has 0 bridgehead atoms. The van der Waals surface area contributed by atoms with E-state index in [4.69, 9.17) is 4.74 Å². The van der Waals surface area contributed by atoms with Gasteiger partial charge in [-0.2, -0.15) is 5.10 Å². The van der Waals surface area contributed by atoms with Crippen molar-refractivity contribution in [2.24, 2.45) is 7.05 Å². The summed E-state index contributed by atoms with van der Waals surface area (Å²) < 4.78 is 7.42. The number of ether oxygens (including phenoxy) is 1. The minimum atomic E-state index is -0.499. The first kappa shape index (κ1) is 18.3. The molecule has 140 valence electrons. The van der Waals surface area contributed by atoms with Crippen LogP contribution >= 0.6 is 0 Å². The summed E-state index contributed by atoms with van der Waals surface area (Å²) in [4.78, 5) is 14.6. The average Bonchev–Trinajstić information content (AvgIpc) is 2.99. The molecule has 0 saturated carbocycles. The zero-order chi connectivity index (χ0) is 18.7. The molecule has 1 amide bonds. The number of piperidine rings is 1. The van der Waals surface area contributed by atoms with Crippen LogP contribution in [0.1, 0.15) is 45.2 Å². The lowest BCUT2D eigenvalue weighted by atomic mass is 9.92. The van der Waals surface area contributed by atoms with E-state index < -0.39 is 5.60 Å². The zero-order valence-corrected chi connectivity index (χ0v) is 16.0. The van der Waals surface area contributed by atoms with Gasteiger partial charge in [-0.25, -0.2) is 4.79 Å². The number of amides is 1. The molecule has 1 saturated heterocycles. The first-order chi connectivity index (χ1) is 12.3. The highest BCUT2D eigenvalue weighted by Gasteiger charge is 2.35. The van der Waals surface area contributed by atoms with Gasteiger partial charge >= 0.3 is 6.09 Å². The van der Waals surface area contributed by atoms with Gasteiger partial charge in [-0.1, -0.05) is 30.3 Å². The summed E-state index contributed by atoms with van der Waals surface area (Å²) in [6.45, 7) is 6.35. The molecule has 1 aromatic carbocycles. The Morgan fingerprint density at radius 3 is 2.58 bits per heavy atom. The Labute approximate surface area is 155 Å². The summed E-state index contributed by atoms with van der Waals surface area (Å²) in [5.41, 5.74) is 0.632. The van der Waals surface area contributed by atoms with Gasteiger partial charge in [0, 0.05) is 31.9 Å². The van der Waals surface area contributed by atoms with E-state index in [1.165, 1.54) is 0 Å². The molecular formula is C20H28N4O2. The SMILES string of the molecule is Cn1ccc(NC2CCN(C(=O)OC(C)(C)C)[C@@H](c3ccccc3)C2)n1. The Morgan fingerprint density at radius 2 is 1.96 bits per heavy atom. The molecular weight excluding hydrogens is 328 g/mol. The molecule has 1 aliphatic rings. The second kappa shape index (κ2) is 7.40. The van der Waals surface area contributed by atoms with Crippen molar-refractivity contribution in [2.75, 3.05) is 11.9 Å². The summed E-state index contributed by atoms with van der Waals surface area (Å²) in [5.74, 6) is 0.870. The third kappa shape index (κ3) is 4.56. The number of aromatic nitrogens is 2. The molecule has 2 heterocycles.